The van der Waals surface area contributed by atoms with Crippen LogP contribution in [0.5, 0.6) is 0 Å². The highest BCUT2D eigenvalue weighted by atomic mass is 32.1. The third-order valence-corrected chi connectivity index (χ3v) is 5.12. The van der Waals surface area contributed by atoms with Gasteiger partial charge in [-0.3, -0.25) is 4.79 Å². The second-order valence-corrected chi connectivity index (χ2v) is 6.94. The molecule has 1 amide bonds. The molecular formula is C20H15F2N3OS. The number of anilines is 1. The van der Waals surface area contributed by atoms with Crippen molar-refractivity contribution in [2.75, 3.05) is 5.32 Å². The minimum Gasteiger partial charge on any atom is -0.338 e. The maximum atomic E-state index is 13.5. The molecule has 0 bridgehead atoms. The zero-order valence-corrected chi connectivity index (χ0v) is 15.2. The molecule has 0 spiro atoms. The van der Waals surface area contributed by atoms with Gasteiger partial charge in [0.2, 0.25) is 0 Å². The number of fused-ring (bicyclic) bond motifs is 1. The van der Waals surface area contributed by atoms with E-state index in [-0.39, 0.29) is 11.5 Å². The second-order valence-electron chi connectivity index (χ2n) is 6.03. The molecule has 0 aliphatic rings. The molecule has 0 unspecified atom stereocenters. The lowest BCUT2D eigenvalue weighted by atomic mass is 10.1. The highest BCUT2D eigenvalue weighted by Crippen LogP contribution is 2.27. The summed E-state index contributed by atoms with van der Waals surface area (Å²) in [4.78, 5) is 20.2. The minimum atomic E-state index is -0.687. The van der Waals surface area contributed by atoms with Gasteiger partial charge >= 0.3 is 0 Å². The normalized spacial score (nSPS) is 11.1. The van der Waals surface area contributed by atoms with E-state index in [0.29, 0.717) is 22.4 Å². The first-order chi connectivity index (χ1) is 13.0. The van der Waals surface area contributed by atoms with Gasteiger partial charge in [-0.05, 0) is 47.7 Å². The summed E-state index contributed by atoms with van der Waals surface area (Å²) < 4.78 is 27.0. The number of imidazole rings is 1. The Labute approximate surface area is 157 Å². The fourth-order valence-electron chi connectivity index (χ4n) is 2.94. The lowest BCUT2D eigenvalue weighted by Gasteiger charge is -2.05. The Morgan fingerprint density at radius 2 is 1.96 bits per heavy atom. The molecule has 2 aromatic heterocycles. The van der Waals surface area contributed by atoms with Crippen molar-refractivity contribution in [2.24, 2.45) is 0 Å². The van der Waals surface area contributed by atoms with Gasteiger partial charge in [-0.2, -0.15) is 0 Å². The number of benzene rings is 2. The van der Waals surface area contributed by atoms with E-state index >= 15 is 0 Å². The van der Waals surface area contributed by atoms with Crippen LogP contribution < -0.4 is 5.32 Å². The number of aromatic nitrogens is 2. The summed E-state index contributed by atoms with van der Waals surface area (Å²) in [5.74, 6) is -1.35. The van der Waals surface area contributed by atoms with Crippen molar-refractivity contribution >= 4 is 33.3 Å². The zero-order valence-electron chi connectivity index (χ0n) is 14.3. The fourth-order valence-corrected chi connectivity index (χ4v) is 3.82. The summed E-state index contributed by atoms with van der Waals surface area (Å²) in [6.07, 6.45) is 0.820. The molecule has 4 aromatic rings. The van der Waals surface area contributed by atoms with Crippen molar-refractivity contribution < 1.29 is 13.6 Å². The van der Waals surface area contributed by atoms with Crippen LogP contribution in [0.2, 0.25) is 0 Å². The Morgan fingerprint density at radius 1 is 1.19 bits per heavy atom. The summed E-state index contributed by atoms with van der Waals surface area (Å²) in [7, 11) is 0. The van der Waals surface area contributed by atoms with Crippen molar-refractivity contribution in [1.29, 1.82) is 0 Å². The molecule has 27 heavy (non-hydrogen) atoms. The van der Waals surface area contributed by atoms with E-state index < -0.39 is 11.6 Å². The predicted molar refractivity (Wildman–Crippen MR) is 103 cm³/mol. The van der Waals surface area contributed by atoms with Crippen LogP contribution in [0.25, 0.3) is 22.4 Å². The van der Waals surface area contributed by atoms with Crippen molar-refractivity contribution in [3.63, 3.8) is 0 Å². The first kappa shape index (κ1) is 17.4. The van der Waals surface area contributed by atoms with E-state index in [4.69, 9.17) is 0 Å². The fraction of sp³-hybridized carbons (Fsp3) is 0.100. The van der Waals surface area contributed by atoms with Crippen molar-refractivity contribution in [1.82, 2.24) is 9.97 Å². The molecule has 2 N–H and O–H groups in total. The number of carbonyl (C=O) groups is 1. The molecule has 2 heterocycles. The van der Waals surface area contributed by atoms with Gasteiger partial charge in [-0.15, -0.1) is 11.3 Å². The third-order valence-electron chi connectivity index (χ3n) is 4.25. The van der Waals surface area contributed by atoms with Crippen LogP contribution in [0, 0.1) is 11.6 Å². The van der Waals surface area contributed by atoms with Gasteiger partial charge in [-0.25, -0.2) is 13.8 Å². The number of H-pyrrole nitrogens is 1. The zero-order chi connectivity index (χ0) is 19.0. The van der Waals surface area contributed by atoms with Gasteiger partial charge in [0, 0.05) is 11.6 Å². The Bertz CT molecular complexity index is 1130. The molecule has 136 valence electrons. The van der Waals surface area contributed by atoms with Crippen molar-refractivity contribution in [3.05, 3.63) is 70.6 Å². The van der Waals surface area contributed by atoms with Gasteiger partial charge in [0.15, 0.2) is 0 Å². The summed E-state index contributed by atoms with van der Waals surface area (Å²) in [6.45, 7) is 2.02. The largest absolute Gasteiger partial charge is 0.338 e. The SMILES string of the molecule is CCc1ccsc1NC(=O)c1cccc2[nH]c(-c3cc(F)cc(F)c3)nc12. The average molecular weight is 383 g/mol. The van der Waals surface area contributed by atoms with Crippen molar-refractivity contribution in [3.8, 4) is 11.4 Å². The number of aryl methyl sites for hydroxylation is 1. The Morgan fingerprint density at radius 3 is 2.70 bits per heavy atom. The number of para-hydroxylation sites is 1. The number of rotatable bonds is 4. The van der Waals surface area contributed by atoms with Crippen molar-refractivity contribution in [2.45, 2.75) is 13.3 Å². The lowest BCUT2D eigenvalue weighted by Crippen LogP contribution is -2.12. The molecule has 0 fully saturated rings. The standard InChI is InChI=1S/C20H15F2N3OS/c1-2-11-6-7-27-20(11)25-19(26)15-4-3-5-16-17(15)24-18(23-16)12-8-13(21)10-14(22)9-12/h3-10H,2H2,1H3,(H,23,24)(H,25,26). The molecule has 4 nitrogen and oxygen atoms in total. The summed E-state index contributed by atoms with van der Waals surface area (Å²) in [5.41, 5.74) is 2.80. The summed E-state index contributed by atoms with van der Waals surface area (Å²) in [5, 5.41) is 5.66. The minimum absolute atomic E-state index is 0.277. The number of aromatic amines is 1. The third kappa shape index (κ3) is 3.33. The number of halogens is 2. The van der Waals surface area contributed by atoms with Crippen LogP contribution in [0.1, 0.15) is 22.8 Å². The van der Waals surface area contributed by atoms with E-state index in [1.54, 1.807) is 18.2 Å². The van der Waals surface area contributed by atoms with Gasteiger partial charge in [-0.1, -0.05) is 13.0 Å². The first-order valence-corrected chi connectivity index (χ1v) is 9.26. The topological polar surface area (TPSA) is 57.8 Å². The van der Waals surface area contributed by atoms with Gasteiger partial charge < -0.3 is 10.3 Å². The maximum Gasteiger partial charge on any atom is 0.258 e. The molecule has 0 aliphatic carbocycles. The summed E-state index contributed by atoms with van der Waals surface area (Å²) in [6, 6.07) is 10.3. The molecule has 0 saturated heterocycles. The molecule has 0 atom stereocenters. The first-order valence-electron chi connectivity index (χ1n) is 8.38. The highest BCUT2D eigenvalue weighted by molar-refractivity contribution is 7.14. The maximum absolute atomic E-state index is 13.5. The number of thiophene rings is 1. The molecule has 0 saturated carbocycles. The Hall–Kier alpha value is -3.06. The van der Waals surface area contributed by atoms with Crippen LogP contribution in [-0.4, -0.2) is 15.9 Å². The highest BCUT2D eigenvalue weighted by Gasteiger charge is 2.16. The number of nitrogens with zero attached hydrogens (tertiary/aromatic N) is 1. The molecule has 0 aliphatic heterocycles. The predicted octanol–water partition coefficient (Wildman–Crippen LogP) is 5.38. The average Bonchev–Trinajstić information content (AvgIpc) is 3.26. The summed E-state index contributed by atoms with van der Waals surface area (Å²) >= 11 is 1.46. The van der Waals surface area contributed by atoms with E-state index in [0.717, 1.165) is 23.1 Å². The van der Waals surface area contributed by atoms with Crippen LogP contribution >= 0.6 is 11.3 Å². The van der Waals surface area contributed by atoms with Crippen LogP contribution in [-0.2, 0) is 6.42 Å². The quantitative estimate of drug-likeness (QED) is 0.497. The van der Waals surface area contributed by atoms with Gasteiger partial charge in [0.1, 0.15) is 23.0 Å². The molecule has 0 radical (unpaired) electrons. The van der Waals surface area contributed by atoms with Gasteiger partial charge in [0.25, 0.3) is 5.91 Å². The number of hydrogen-bond acceptors (Lipinski definition) is 3. The number of hydrogen-bond donors (Lipinski definition) is 2. The monoisotopic (exact) mass is 383 g/mol. The Balaban J connectivity index is 1.74. The molecule has 7 heteroatoms. The lowest BCUT2D eigenvalue weighted by molar-refractivity contribution is 0.102. The second kappa shape index (κ2) is 6.92. The van der Waals surface area contributed by atoms with E-state index in [2.05, 4.69) is 15.3 Å². The Kier molecular flexibility index (Phi) is 4.45. The van der Waals surface area contributed by atoms with Crippen LogP contribution in [0.15, 0.2) is 47.8 Å². The molecule has 2 aromatic carbocycles. The molecular weight excluding hydrogens is 368 g/mol. The van der Waals surface area contributed by atoms with Crippen LogP contribution in [0.4, 0.5) is 13.8 Å². The van der Waals surface area contributed by atoms with E-state index in [9.17, 15) is 13.6 Å². The smallest absolute Gasteiger partial charge is 0.258 e. The van der Waals surface area contributed by atoms with E-state index in [1.807, 2.05) is 18.4 Å². The molecule has 4 rings (SSSR count). The van der Waals surface area contributed by atoms with Gasteiger partial charge in [0.05, 0.1) is 16.1 Å². The number of nitrogens with one attached hydrogen (secondary N) is 2. The number of amides is 1. The number of carbonyl (C=O) groups excluding carboxylic acids is 1. The van der Waals surface area contributed by atoms with E-state index in [1.165, 1.54) is 23.5 Å². The van der Waals surface area contributed by atoms with Crippen LogP contribution in [0.3, 0.4) is 0 Å².